The average molecular weight is 464 g/mol. The van der Waals surface area contributed by atoms with Gasteiger partial charge >= 0.3 is 0 Å². The molecule has 4 heteroatoms. The Morgan fingerprint density at radius 1 is 0.771 bits per heavy atom. The minimum absolute atomic E-state index is 0.0286. The summed E-state index contributed by atoms with van der Waals surface area (Å²) in [6, 6.07) is 22.6. The molecule has 1 aliphatic rings. The number of aromatic nitrogens is 2. The maximum Gasteiger partial charge on any atom is 0.251 e. The third-order valence-corrected chi connectivity index (χ3v) is 7.60. The normalized spacial score (nSPS) is 20.1. The quantitative estimate of drug-likeness (QED) is 0.350. The van der Waals surface area contributed by atoms with Gasteiger partial charge in [0.1, 0.15) is 0 Å². The van der Waals surface area contributed by atoms with Crippen molar-refractivity contribution in [3.05, 3.63) is 83.4 Å². The zero-order chi connectivity index (χ0) is 24.5. The molecule has 0 spiro atoms. The van der Waals surface area contributed by atoms with Gasteiger partial charge in [-0.3, -0.25) is 4.79 Å². The van der Waals surface area contributed by atoms with Gasteiger partial charge in [-0.1, -0.05) is 86.3 Å². The van der Waals surface area contributed by atoms with Gasteiger partial charge in [0.15, 0.2) is 0 Å². The molecule has 0 saturated heterocycles. The molecule has 1 fully saturated rings. The summed E-state index contributed by atoms with van der Waals surface area (Å²) in [6.45, 7) is 8.70. The van der Waals surface area contributed by atoms with E-state index in [4.69, 9.17) is 9.97 Å². The Labute approximate surface area is 207 Å². The van der Waals surface area contributed by atoms with Gasteiger partial charge in [-0.25, -0.2) is 9.97 Å². The van der Waals surface area contributed by atoms with Crippen molar-refractivity contribution >= 4 is 16.9 Å². The fourth-order valence-electron chi connectivity index (χ4n) is 5.06. The number of carbonyl (C=O) groups is 1. The second-order valence-corrected chi connectivity index (χ2v) is 10.2. The third-order valence-electron chi connectivity index (χ3n) is 7.60. The van der Waals surface area contributed by atoms with E-state index in [9.17, 15) is 4.79 Å². The molecule has 1 heterocycles. The zero-order valence-electron chi connectivity index (χ0n) is 21.0. The second-order valence-electron chi connectivity index (χ2n) is 10.2. The molecule has 1 saturated carbocycles. The molecule has 1 aromatic heterocycles. The molecule has 3 aromatic carbocycles. The van der Waals surface area contributed by atoms with Crippen molar-refractivity contribution < 1.29 is 4.79 Å². The van der Waals surface area contributed by atoms with Gasteiger partial charge in [0, 0.05) is 22.7 Å². The van der Waals surface area contributed by atoms with Crippen molar-refractivity contribution in [2.75, 3.05) is 0 Å². The fourth-order valence-corrected chi connectivity index (χ4v) is 5.06. The van der Waals surface area contributed by atoms with E-state index in [1.807, 2.05) is 18.2 Å². The van der Waals surface area contributed by atoms with Crippen LogP contribution in [0.3, 0.4) is 0 Å². The predicted molar refractivity (Wildman–Crippen MR) is 143 cm³/mol. The Morgan fingerprint density at radius 3 is 1.94 bits per heavy atom. The molecule has 35 heavy (non-hydrogen) atoms. The minimum atomic E-state index is -0.0286. The molecule has 178 valence electrons. The number of hydrogen-bond donors (Lipinski definition) is 1. The number of nitrogens with one attached hydrogen (secondary N) is 1. The largest absolute Gasteiger partial charge is 0.349 e. The van der Waals surface area contributed by atoms with E-state index in [-0.39, 0.29) is 11.9 Å². The first-order valence-electron chi connectivity index (χ1n) is 12.7. The smallest absolute Gasteiger partial charge is 0.251 e. The summed E-state index contributed by atoms with van der Waals surface area (Å²) in [5.41, 5.74) is 8.28. The molecule has 3 atom stereocenters. The van der Waals surface area contributed by atoms with Gasteiger partial charge in [0.25, 0.3) is 5.91 Å². The molecule has 5 rings (SSSR count). The third kappa shape index (κ3) is 4.84. The molecule has 4 aromatic rings. The summed E-state index contributed by atoms with van der Waals surface area (Å²) in [4.78, 5) is 23.2. The summed E-state index contributed by atoms with van der Waals surface area (Å²) in [5.74, 6) is 1.09. The lowest BCUT2D eigenvalue weighted by molar-refractivity contribution is 0.0891. The van der Waals surface area contributed by atoms with Crippen LogP contribution in [0.5, 0.6) is 0 Å². The lowest BCUT2D eigenvalue weighted by atomic mass is 9.78. The van der Waals surface area contributed by atoms with E-state index < -0.39 is 0 Å². The van der Waals surface area contributed by atoms with Crippen LogP contribution in [0.4, 0.5) is 0 Å². The average Bonchev–Trinajstić information content (AvgIpc) is 2.86. The lowest BCUT2D eigenvalue weighted by Crippen LogP contribution is -2.43. The standard InChI is InChI=1S/C31H33N3O/c1-19-8-12-23(13-9-19)29-30(24-14-10-20(2)11-15-24)33-28-18-25(16-17-27(28)32-29)31(35)34-26-7-5-6-21(3)22(26)4/h8-18,21-22,26H,5-7H2,1-4H3,(H,34,35)/t21-,22+,26+/m0/s1. The molecule has 0 radical (unpaired) electrons. The molecule has 1 N–H and O–H groups in total. The van der Waals surface area contributed by atoms with Crippen molar-refractivity contribution in [1.82, 2.24) is 15.3 Å². The van der Waals surface area contributed by atoms with Crippen LogP contribution >= 0.6 is 0 Å². The Bertz CT molecular complexity index is 1360. The van der Waals surface area contributed by atoms with Crippen LogP contribution < -0.4 is 5.32 Å². The Kier molecular flexibility index (Phi) is 6.38. The number of amides is 1. The summed E-state index contributed by atoms with van der Waals surface area (Å²) in [6.07, 6.45) is 3.45. The van der Waals surface area contributed by atoms with Crippen LogP contribution in [0.25, 0.3) is 33.5 Å². The van der Waals surface area contributed by atoms with Crippen molar-refractivity contribution in [3.63, 3.8) is 0 Å². The monoisotopic (exact) mass is 463 g/mol. The number of nitrogens with zero attached hydrogens (tertiary/aromatic N) is 2. The Hall–Kier alpha value is -3.53. The van der Waals surface area contributed by atoms with E-state index in [1.165, 1.54) is 24.0 Å². The van der Waals surface area contributed by atoms with E-state index in [2.05, 4.69) is 81.5 Å². The van der Waals surface area contributed by atoms with E-state index >= 15 is 0 Å². The number of aryl methyl sites for hydroxylation is 2. The molecular weight excluding hydrogens is 430 g/mol. The summed E-state index contributed by atoms with van der Waals surface area (Å²) in [5, 5.41) is 3.29. The van der Waals surface area contributed by atoms with Gasteiger partial charge in [0.2, 0.25) is 0 Å². The fraction of sp³-hybridized carbons (Fsp3) is 0.323. The highest BCUT2D eigenvalue weighted by molar-refractivity contribution is 5.98. The highest BCUT2D eigenvalue weighted by Gasteiger charge is 2.28. The Morgan fingerprint density at radius 2 is 1.34 bits per heavy atom. The second kappa shape index (κ2) is 9.61. The summed E-state index contributed by atoms with van der Waals surface area (Å²) >= 11 is 0. The van der Waals surface area contributed by atoms with E-state index in [1.54, 1.807) is 0 Å². The number of rotatable bonds is 4. The maximum atomic E-state index is 13.2. The van der Waals surface area contributed by atoms with Crippen LogP contribution in [-0.4, -0.2) is 21.9 Å². The predicted octanol–water partition coefficient (Wildman–Crippen LogP) is 7.14. The van der Waals surface area contributed by atoms with Crippen molar-refractivity contribution in [3.8, 4) is 22.5 Å². The van der Waals surface area contributed by atoms with E-state index in [0.717, 1.165) is 40.0 Å². The van der Waals surface area contributed by atoms with Crippen molar-refractivity contribution in [1.29, 1.82) is 0 Å². The van der Waals surface area contributed by atoms with Gasteiger partial charge in [0.05, 0.1) is 22.4 Å². The highest BCUT2D eigenvalue weighted by atomic mass is 16.1. The van der Waals surface area contributed by atoms with Gasteiger partial charge in [-0.05, 0) is 50.3 Å². The van der Waals surface area contributed by atoms with Gasteiger partial charge in [-0.2, -0.15) is 0 Å². The molecule has 1 amide bonds. The van der Waals surface area contributed by atoms with Crippen LogP contribution in [0.1, 0.15) is 54.6 Å². The van der Waals surface area contributed by atoms with Gasteiger partial charge < -0.3 is 5.32 Å². The van der Waals surface area contributed by atoms with Crippen molar-refractivity contribution in [2.24, 2.45) is 11.8 Å². The van der Waals surface area contributed by atoms with Crippen molar-refractivity contribution in [2.45, 2.75) is 53.0 Å². The topological polar surface area (TPSA) is 54.9 Å². The molecule has 0 aliphatic heterocycles. The first-order valence-corrected chi connectivity index (χ1v) is 12.7. The van der Waals surface area contributed by atoms with E-state index in [0.29, 0.717) is 17.4 Å². The Balaban J connectivity index is 1.55. The molecular formula is C31H33N3O. The zero-order valence-corrected chi connectivity index (χ0v) is 21.0. The van der Waals surface area contributed by atoms with Crippen LogP contribution in [0.2, 0.25) is 0 Å². The SMILES string of the molecule is Cc1ccc(-c2nc3ccc(C(=O)N[C@@H]4CCC[C@H](C)[C@H]4C)cc3nc2-c2ccc(C)cc2)cc1. The van der Waals surface area contributed by atoms with Crippen LogP contribution in [0, 0.1) is 25.7 Å². The minimum Gasteiger partial charge on any atom is -0.349 e. The summed E-state index contributed by atoms with van der Waals surface area (Å²) < 4.78 is 0. The molecule has 0 unspecified atom stereocenters. The number of carbonyl (C=O) groups excluding carboxylic acids is 1. The highest BCUT2D eigenvalue weighted by Crippen LogP contribution is 2.32. The first kappa shape index (κ1) is 23.2. The number of fused-ring (bicyclic) bond motifs is 1. The lowest BCUT2D eigenvalue weighted by Gasteiger charge is -2.34. The van der Waals surface area contributed by atoms with Crippen LogP contribution in [-0.2, 0) is 0 Å². The maximum absolute atomic E-state index is 13.2. The van der Waals surface area contributed by atoms with Gasteiger partial charge in [-0.15, -0.1) is 0 Å². The summed E-state index contributed by atoms with van der Waals surface area (Å²) in [7, 11) is 0. The molecule has 1 aliphatic carbocycles. The van der Waals surface area contributed by atoms with Crippen LogP contribution in [0.15, 0.2) is 66.7 Å². The number of hydrogen-bond acceptors (Lipinski definition) is 3. The molecule has 4 nitrogen and oxygen atoms in total. The molecule has 0 bridgehead atoms. The first-order chi connectivity index (χ1) is 16.9. The number of benzene rings is 3.